The molecule has 0 bridgehead atoms. The van der Waals surface area contributed by atoms with E-state index in [1.165, 1.54) is 55.2 Å². The number of unbranched alkanes of at least 4 members (excludes halogenated alkanes) is 1. The average Bonchev–Trinajstić information content (AvgIpc) is 2.89. The van der Waals surface area contributed by atoms with Gasteiger partial charge in [0.25, 0.3) is 0 Å². The largest absolute Gasteiger partial charge is 0.206 e. The molecule has 184 valence electrons. The number of fused-ring (bicyclic) bond motifs is 1. The zero-order valence-corrected chi connectivity index (χ0v) is 21.6. The van der Waals surface area contributed by atoms with Crippen LogP contribution in [-0.2, 0) is 19.3 Å². The molecule has 1 heteroatoms. The predicted molar refractivity (Wildman–Crippen MR) is 150 cm³/mol. The van der Waals surface area contributed by atoms with Crippen LogP contribution >= 0.6 is 0 Å². The molecule has 0 unspecified atom stereocenters. The summed E-state index contributed by atoms with van der Waals surface area (Å²) >= 11 is 0. The predicted octanol–water partition coefficient (Wildman–Crippen LogP) is 9.90. The molecule has 1 saturated carbocycles. The van der Waals surface area contributed by atoms with Crippen LogP contribution in [0.4, 0.5) is 4.39 Å². The van der Waals surface area contributed by atoms with Crippen molar-refractivity contribution in [1.29, 1.82) is 0 Å². The molecule has 0 heterocycles. The van der Waals surface area contributed by atoms with Gasteiger partial charge in [0.15, 0.2) is 0 Å². The Morgan fingerprint density at radius 2 is 1.57 bits per heavy atom. The van der Waals surface area contributed by atoms with E-state index < -0.39 is 0 Å². The van der Waals surface area contributed by atoms with Gasteiger partial charge in [-0.2, -0.15) is 0 Å². The average molecular weight is 469 g/mol. The van der Waals surface area contributed by atoms with E-state index in [-0.39, 0.29) is 5.82 Å². The smallest absolute Gasteiger partial charge is 0.134 e. The van der Waals surface area contributed by atoms with E-state index in [2.05, 4.69) is 73.7 Å². The normalized spacial score (nSPS) is 18.7. The highest BCUT2D eigenvalue weighted by molar-refractivity contribution is 5.84. The quantitative estimate of drug-likeness (QED) is 0.260. The van der Waals surface area contributed by atoms with E-state index in [1.54, 1.807) is 0 Å². The van der Waals surface area contributed by atoms with Crippen molar-refractivity contribution in [3.8, 4) is 0 Å². The van der Waals surface area contributed by atoms with Gasteiger partial charge in [-0.25, -0.2) is 4.39 Å². The van der Waals surface area contributed by atoms with Gasteiger partial charge in [-0.05, 0) is 104 Å². The van der Waals surface area contributed by atoms with Gasteiger partial charge >= 0.3 is 0 Å². The van der Waals surface area contributed by atoms with E-state index in [1.807, 2.05) is 19.1 Å². The molecule has 0 saturated heterocycles. The molecule has 1 aliphatic rings. The third-order valence-electron chi connectivity index (χ3n) is 7.70. The summed E-state index contributed by atoms with van der Waals surface area (Å²) in [5.74, 6) is 1.42. The standard InChI is InChI=1S/C34H41F/c1-3-5-7-9-26-11-17-29(18-12-26)30-19-13-27(14-20-30)15-21-31-22-23-32-25-28(10-8-6-4-2)16-24-33(32)34(31)35/h4,6-7,9,13-14,16,19-20,22-26,29H,3,5,8,10-12,15,17-18,21H2,1-2H3/b6-4+,9-7+. The second-order valence-electron chi connectivity index (χ2n) is 10.3. The lowest BCUT2D eigenvalue weighted by Crippen LogP contribution is -2.11. The fourth-order valence-electron chi connectivity index (χ4n) is 5.49. The highest BCUT2D eigenvalue weighted by Crippen LogP contribution is 2.36. The van der Waals surface area contributed by atoms with E-state index in [4.69, 9.17) is 0 Å². The molecule has 35 heavy (non-hydrogen) atoms. The first-order valence-electron chi connectivity index (χ1n) is 13.7. The summed E-state index contributed by atoms with van der Waals surface area (Å²) < 4.78 is 15.2. The molecule has 3 aromatic rings. The summed E-state index contributed by atoms with van der Waals surface area (Å²) in [6, 6.07) is 19.4. The first-order valence-corrected chi connectivity index (χ1v) is 13.7. The SMILES string of the molecule is C/C=C/CCc1ccc2c(F)c(CCc3ccc(C4CCC(/C=C/CCC)CC4)cc3)ccc2c1. The number of allylic oxidation sites excluding steroid dienone is 4. The van der Waals surface area contributed by atoms with Crippen molar-refractivity contribution in [2.45, 2.75) is 84.0 Å². The molecule has 0 amide bonds. The summed E-state index contributed by atoms with van der Waals surface area (Å²) in [4.78, 5) is 0. The summed E-state index contributed by atoms with van der Waals surface area (Å²) in [6.45, 7) is 4.29. The molecule has 1 fully saturated rings. The number of hydrogen-bond acceptors (Lipinski definition) is 0. The molecule has 4 rings (SSSR count). The number of halogens is 1. The zero-order valence-electron chi connectivity index (χ0n) is 21.6. The van der Waals surface area contributed by atoms with Crippen molar-refractivity contribution in [2.75, 3.05) is 0 Å². The Morgan fingerprint density at radius 1 is 0.800 bits per heavy atom. The molecular formula is C34H41F. The minimum absolute atomic E-state index is 0.0520. The Kier molecular flexibility index (Phi) is 9.35. The van der Waals surface area contributed by atoms with Gasteiger partial charge in [0.05, 0.1) is 0 Å². The summed E-state index contributed by atoms with van der Waals surface area (Å²) in [6.07, 6.45) is 20.4. The van der Waals surface area contributed by atoms with Crippen LogP contribution < -0.4 is 0 Å². The first-order chi connectivity index (χ1) is 17.2. The van der Waals surface area contributed by atoms with Crippen LogP contribution in [0.2, 0.25) is 0 Å². The molecule has 3 aromatic carbocycles. The number of hydrogen-bond donors (Lipinski definition) is 0. The molecule has 0 N–H and O–H groups in total. The van der Waals surface area contributed by atoms with Gasteiger partial charge in [0, 0.05) is 5.39 Å². The van der Waals surface area contributed by atoms with E-state index in [0.717, 1.165) is 47.9 Å². The fourth-order valence-corrected chi connectivity index (χ4v) is 5.49. The van der Waals surface area contributed by atoms with Gasteiger partial charge in [-0.15, -0.1) is 0 Å². The maximum Gasteiger partial charge on any atom is 0.134 e. The maximum absolute atomic E-state index is 15.2. The van der Waals surface area contributed by atoms with Crippen molar-refractivity contribution in [1.82, 2.24) is 0 Å². The van der Waals surface area contributed by atoms with Crippen LogP contribution in [0.5, 0.6) is 0 Å². The van der Waals surface area contributed by atoms with Gasteiger partial charge in [-0.1, -0.05) is 92.2 Å². The molecule has 0 spiro atoms. The summed E-state index contributed by atoms with van der Waals surface area (Å²) in [5, 5.41) is 1.75. The van der Waals surface area contributed by atoms with Crippen molar-refractivity contribution in [3.63, 3.8) is 0 Å². The lowest BCUT2D eigenvalue weighted by Gasteiger charge is -2.27. The third kappa shape index (κ3) is 6.94. The highest BCUT2D eigenvalue weighted by Gasteiger charge is 2.20. The highest BCUT2D eigenvalue weighted by atomic mass is 19.1. The minimum atomic E-state index is -0.0520. The molecule has 0 nitrogen and oxygen atoms in total. The topological polar surface area (TPSA) is 0 Å². The van der Waals surface area contributed by atoms with Crippen molar-refractivity contribution in [3.05, 3.63) is 107 Å². The summed E-state index contributed by atoms with van der Waals surface area (Å²) in [5.41, 5.74) is 4.86. The van der Waals surface area contributed by atoms with Crippen LogP contribution in [-0.4, -0.2) is 0 Å². The van der Waals surface area contributed by atoms with Crippen LogP contribution in [0.25, 0.3) is 10.8 Å². The van der Waals surface area contributed by atoms with Gasteiger partial charge in [-0.3, -0.25) is 0 Å². The Balaban J connectivity index is 1.33. The maximum atomic E-state index is 15.2. The van der Waals surface area contributed by atoms with Gasteiger partial charge in [0.1, 0.15) is 5.82 Å². The van der Waals surface area contributed by atoms with Gasteiger partial charge in [0.2, 0.25) is 0 Å². The second-order valence-corrected chi connectivity index (χ2v) is 10.3. The fraction of sp³-hybridized carbons (Fsp3) is 0.412. The molecule has 0 atom stereocenters. The molecule has 1 aliphatic carbocycles. The third-order valence-corrected chi connectivity index (χ3v) is 7.70. The zero-order chi connectivity index (χ0) is 24.5. The monoisotopic (exact) mass is 468 g/mol. The van der Waals surface area contributed by atoms with E-state index in [9.17, 15) is 0 Å². The molecule has 0 radical (unpaired) electrons. The second kappa shape index (κ2) is 12.9. The van der Waals surface area contributed by atoms with Crippen LogP contribution in [0.3, 0.4) is 0 Å². The minimum Gasteiger partial charge on any atom is -0.206 e. The Hall–Kier alpha value is -2.67. The molecular weight excluding hydrogens is 427 g/mol. The Morgan fingerprint density at radius 3 is 2.31 bits per heavy atom. The number of benzene rings is 3. The number of rotatable bonds is 10. The lowest BCUT2D eigenvalue weighted by atomic mass is 9.78. The Bertz CT molecular complexity index is 1130. The van der Waals surface area contributed by atoms with Crippen molar-refractivity contribution < 1.29 is 4.39 Å². The van der Waals surface area contributed by atoms with Gasteiger partial charge < -0.3 is 0 Å². The first kappa shape index (κ1) is 25.4. The van der Waals surface area contributed by atoms with Crippen LogP contribution in [0.15, 0.2) is 78.9 Å². The van der Waals surface area contributed by atoms with Crippen LogP contribution in [0, 0.1) is 11.7 Å². The van der Waals surface area contributed by atoms with Crippen molar-refractivity contribution in [2.24, 2.45) is 5.92 Å². The number of aryl methyl sites for hydroxylation is 3. The Labute approximate surface area is 212 Å². The van der Waals surface area contributed by atoms with Crippen molar-refractivity contribution >= 4 is 10.8 Å². The van der Waals surface area contributed by atoms with E-state index in [0.29, 0.717) is 5.92 Å². The molecule has 0 aliphatic heterocycles. The summed E-state index contributed by atoms with van der Waals surface area (Å²) in [7, 11) is 0. The lowest BCUT2D eigenvalue weighted by molar-refractivity contribution is 0.375. The molecule has 0 aromatic heterocycles. The van der Waals surface area contributed by atoms with E-state index >= 15 is 4.39 Å². The van der Waals surface area contributed by atoms with Crippen LogP contribution in [0.1, 0.15) is 87.0 Å².